The fourth-order valence-corrected chi connectivity index (χ4v) is 1.83. The lowest BCUT2D eigenvalue weighted by Crippen LogP contribution is -1.86. The third-order valence-corrected chi connectivity index (χ3v) is 2.71. The summed E-state index contributed by atoms with van der Waals surface area (Å²) in [4.78, 5) is 0. The first-order valence-corrected chi connectivity index (χ1v) is 5.30. The Labute approximate surface area is 94.7 Å². The highest BCUT2D eigenvalue weighted by molar-refractivity contribution is 5.64. The average molecular weight is 211 g/mol. The number of aromatic amines is 1. The van der Waals surface area contributed by atoms with Gasteiger partial charge in [-0.05, 0) is 25.5 Å². The largest absolute Gasteiger partial charge is 0.282 e. The highest BCUT2D eigenvalue weighted by Gasteiger charge is 2.09. The average Bonchev–Trinajstić information content (AvgIpc) is 2.70. The second-order valence-corrected chi connectivity index (χ2v) is 3.72. The monoisotopic (exact) mass is 211 g/mol. The lowest BCUT2D eigenvalue weighted by molar-refractivity contribution is 1.04. The minimum atomic E-state index is 0.675. The van der Waals surface area contributed by atoms with Crippen LogP contribution in [0.25, 0.3) is 11.3 Å². The van der Waals surface area contributed by atoms with Crippen LogP contribution in [0, 0.1) is 18.3 Å². The summed E-state index contributed by atoms with van der Waals surface area (Å²) in [5, 5.41) is 16.0. The molecule has 0 atom stereocenters. The maximum Gasteiger partial charge on any atom is 0.0991 e. The molecule has 0 bridgehead atoms. The molecule has 2 rings (SSSR count). The predicted octanol–water partition coefficient (Wildman–Crippen LogP) is 2.82. The summed E-state index contributed by atoms with van der Waals surface area (Å²) in [7, 11) is 0. The molecule has 0 spiro atoms. The maximum absolute atomic E-state index is 8.73. The number of hydrogen-bond donors (Lipinski definition) is 1. The van der Waals surface area contributed by atoms with Gasteiger partial charge in [-0.25, -0.2) is 0 Å². The number of aryl methyl sites for hydroxylation is 1. The van der Waals surface area contributed by atoms with Crippen LogP contribution in [0.3, 0.4) is 0 Å². The smallest absolute Gasteiger partial charge is 0.0991 e. The fraction of sp³-hybridized carbons (Fsp3) is 0.231. The van der Waals surface area contributed by atoms with Crippen molar-refractivity contribution in [2.75, 3.05) is 0 Å². The van der Waals surface area contributed by atoms with Crippen LogP contribution in [0.1, 0.15) is 23.7 Å². The molecule has 3 nitrogen and oxygen atoms in total. The molecule has 0 unspecified atom stereocenters. The van der Waals surface area contributed by atoms with E-state index in [0.29, 0.717) is 5.56 Å². The van der Waals surface area contributed by atoms with Crippen LogP contribution in [-0.2, 0) is 6.42 Å². The summed E-state index contributed by atoms with van der Waals surface area (Å²) in [6.07, 6.45) is 0.956. The topological polar surface area (TPSA) is 52.5 Å². The van der Waals surface area contributed by atoms with Crippen molar-refractivity contribution in [2.24, 2.45) is 0 Å². The van der Waals surface area contributed by atoms with Gasteiger partial charge in [0.2, 0.25) is 0 Å². The first kappa shape index (κ1) is 10.4. The van der Waals surface area contributed by atoms with Gasteiger partial charge in [-0.2, -0.15) is 10.4 Å². The summed E-state index contributed by atoms with van der Waals surface area (Å²) in [6, 6.07) is 9.62. The minimum absolute atomic E-state index is 0.675. The SMILES string of the molecule is CCc1c(-c2ccc(C#N)cc2)n[nH]c1C. The van der Waals surface area contributed by atoms with Crippen molar-refractivity contribution in [3.63, 3.8) is 0 Å². The second-order valence-electron chi connectivity index (χ2n) is 3.72. The number of rotatable bonds is 2. The van der Waals surface area contributed by atoms with Crippen molar-refractivity contribution in [3.8, 4) is 17.3 Å². The van der Waals surface area contributed by atoms with E-state index in [4.69, 9.17) is 5.26 Å². The Bertz CT molecular complexity index is 529. The molecule has 80 valence electrons. The van der Waals surface area contributed by atoms with Gasteiger partial charge in [0, 0.05) is 16.8 Å². The van der Waals surface area contributed by atoms with Gasteiger partial charge in [0.05, 0.1) is 17.3 Å². The van der Waals surface area contributed by atoms with Crippen molar-refractivity contribution in [3.05, 3.63) is 41.1 Å². The van der Waals surface area contributed by atoms with E-state index in [-0.39, 0.29) is 0 Å². The van der Waals surface area contributed by atoms with Gasteiger partial charge in [-0.1, -0.05) is 19.1 Å². The van der Waals surface area contributed by atoms with E-state index in [1.807, 2.05) is 31.2 Å². The molecule has 16 heavy (non-hydrogen) atoms. The molecule has 1 heterocycles. The van der Waals surface area contributed by atoms with Gasteiger partial charge in [0.25, 0.3) is 0 Å². The standard InChI is InChI=1S/C13H13N3/c1-3-12-9(2)15-16-13(12)11-6-4-10(8-14)5-7-11/h4-7H,3H2,1-2H3,(H,15,16). The van der Waals surface area contributed by atoms with Gasteiger partial charge in [-0.3, -0.25) is 5.10 Å². The van der Waals surface area contributed by atoms with E-state index < -0.39 is 0 Å². The van der Waals surface area contributed by atoms with E-state index >= 15 is 0 Å². The summed E-state index contributed by atoms with van der Waals surface area (Å²) in [5.41, 5.74) is 5.07. The zero-order chi connectivity index (χ0) is 11.5. The molecule has 0 amide bonds. The number of nitrogens with one attached hydrogen (secondary N) is 1. The summed E-state index contributed by atoms with van der Waals surface area (Å²) < 4.78 is 0. The number of nitrogens with zero attached hydrogens (tertiary/aromatic N) is 2. The van der Waals surface area contributed by atoms with Crippen molar-refractivity contribution < 1.29 is 0 Å². The molecule has 0 radical (unpaired) electrons. The number of H-pyrrole nitrogens is 1. The third kappa shape index (κ3) is 1.70. The zero-order valence-corrected chi connectivity index (χ0v) is 9.41. The molecule has 1 aromatic carbocycles. The Balaban J connectivity index is 2.47. The molecule has 1 aromatic heterocycles. The van der Waals surface area contributed by atoms with E-state index in [2.05, 4.69) is 23.2 Å². The molecule has 0 saturated carbocycles. The van der Waals surface area contributed by atoms with Crippen molar-refractivity contribution in [2.45, 2.75) is 20.3 Å². The second kappa shape index (κ2) is 4.19. The maximum atomic E-state index is 8.73. The van der Waals surface area contributed by atoms with Crippen molar-refractivity contribution >= 4 is 0 Å². The molecule has 0 aliphatic rings. The van der Waals surface area contributed by atoms with Crippen LogP contribution < -0.4 is 0 Å². The molecule has 0 saturated heterocycles. The van der Waals surface area contributed by atoms with Gasteiger partial charge < -0.3 is 0 Å². The van der Waals surface area contributed by atoms with Crippen LogP contribution in [0.2, 0.25) is 0 Å². The minimum Gasteiger partial charge on any atom is -0.282 e. The van der Waals surface area contributed by atoms with Crippen LogP contribution in [0.5, 0.6) is 0 Å². The molecule has 0 aliphatic heterocycles. The molecule has 0 fully saturated rings. The van der Waals surface area contributed by atoms with E-state index in [1.165, 1.54) is 5.56 Å². The van der Waals surface area contributed by atoms with Crippen LogP contribution in [-0.4, -0.2) is 10.2 Å². The summed E-state index contributed by atoms with van der Waals surface area (Å²) >= 11 is 0. The first-order valence-electron chi connectivity index (χ1n) is 5.30. The number of aromatic nitrogens is 2. The molecule has 3 heteroatoms. The third-order valence-electron chi connectivity index (χ3n) is 2.71. The Morgan fingerprint density at radius 3 is 2.56 bits per heavy atom. The van der Waals surface area contributed by atoms with E-state index in [1.54, 1.807) is 0 Å². The van der Waals surface area contributed by atoms with Gasteiger partial charge in [-0.15, -0.1) is 0 Å². The fourth-order valence-electron chi connectivity index (χ4n) is 1.83. The Morgan fingerprint density at radius 1 is 1.31 bits per heavy atom. The van der Waals surface area contributed by atoms with Crippen LogP contribution >= 0.6 is 0 Å². The quantitative estimate of drug-likeness (QED) is 0.830. The number of nitriles is 1. The highest BCUT2D eigenvalue weighted by atomic mass is 15.1. The molecule has 2 aromatic rings. The molecule has 1 N–H and O–H groups in total. The lowest BCUT2D eigenvalue weighted by Gasteiger charge is -2.00. The van der Waals surface area contributed by atoms with Gasteiger partial charge in [0.15, 0.2) is 0 Å². The first-order chi connectivity index (χ1) is 7.76. The summed E-state index contributed by atoms with van der Waals surface area (Å²) in [5.74, 6) is 0. The van der Waals surface area contributed by atoms with Crippen molar-refractivity contribution in [1.82, 2.24) is 10.2 Å². The highest BCUT2D eigenvalue weighted by Crippen LogP contribution is 2.24. The Morgan fingerprint density at radius 2 is 2.00 bits per heavy atom. The van der Waals surface area contributed by atoms with E-state index in [9.17, 15) is 0 Å². The number of benzene rings is 1. The van der Waals surface area contributed by atoms with Gasteiger partial charge in [0.1, 0.15) is 0 Å². The van der Waals surface area contributed by atoms with E-state index in [0.717, 1.165) is 23.4 Å². The lowest BCUT2D eigenvalue weighted by atomic mass is 10.0. The predicted molar refractivity (Wildman–Crippen MR) is 62.9 cm³/mol. The molecular weight excluding hydrogens is 198 g/mol. The van der Waals surface area contributed by atoms with Crippen molar-refractivity contribution in [1.29, 1.82) is 5.26 Å². The normalized spacial score (nSPS) is 10.1. The molecule has 0 aliphatic carbocycles. The summed E-state index contributed by atoms with van der Waals surface area (Å²) in [6.45, 7) is 4.14. The van der Waals surface area contributed by atoms with Gasteiger partial charge >= 0.3 is 0 Å². The number of hydrogen-bond acceptors (Lipinski definition) is 2. The molecular formula is C13H13N3. The Kier molecular flexibility index (Phi) is 2.74. The van der Waals surface area contributed by atoms with Crippen LogP contribution in [0.4, 0.5) is 0 Å². The van der Waals surface area contributed by atoms with Crippen LogP contribution in [0.15, 0.2) is 24.3 Å². The zero-order valence-electron chi connectivity index (χ0n) is 9.41. The Hall–Kier alpha value is -2.08.